The largest absolute Gasteiger partial charge is 0.271 e. The van der Waals surface area contributed by atoms with Crippen LogP contribution in [0.5, 0.6) is 0 Å². The lowest BCUT2D eigenvalue weighted by Crippen LogP contribution is -2.31. The van der Waals surface area contributed by atoms with E-state index >= 15 is 0 Å². The Morgan fingerprint density at radius 1 is 1.40 bits per heavy atom. The molecular weight excluding hydrogens is 316 g/mol. The highest BCUT2D eigenvalue weighted by molar-refractivity contribution is 9.10. The molecule has 0 saturated carbocycles. The lowest BCUT2D eigenvalue weighted by atomic mass is 9.99. The van der Waals surface area contributed by atoms with Gasteiger partial charge in [0, 0.05) is 6.54 Å². The van der Waals surface area contributed by atoms with Gasteiger partial charge in [-0.05, 0) is 58.8 Å². The number of nitrogens with two attached hydrogens (primary N) is 1. The van der Waals surface area contributed by atoms with Crippen LogP contribution in [0.2, 0.25) is 0 Å². The van der Waals surface area contributed by atoms with Gasteiger partial charge in [-0.15, -0.1) is 0 Å². The van der Waals surface area contributed by atoms with Crippen molar-refractivity contribution in [1.29, 1.82) is 0 Å². The van der Waals surface area contributed by atoms with E-state index in [0.717, 1.165) is 16.7 Å². The number of aryl methyl sites for hydroxylation is 3. The van der Waals surface area contributed by atoms with E-state index in [1.54, 1.807) is 0 Å². The number of hydrogen-bond acceptors (Lipinski definition) is 3. The Morgan fingerprint density at radius 2 is 2.20 bits per heavy atom. The van der Waals surface area contributed by atoms with Crippen molar-refractivity contribution in [3.63, 3.8) is 0 Å². The maximum absolute atomic E-state index is 5.82. The Labute approximate surface area is 127 Å². The lowest BCUT2D eigenvalue weighted by molar-refractivity contribution is 0.541. The maximum atomic E-state index is 5.82. The van der Waals surface area contributed by atoms with Crippen molar-refractivity contribution >= 4 is 15.9 Å². The highest BCUT2D eigenvalue weighted by Gasteiger charge is 2.22. The summed E-state index contributed by atoms with van der Waals surface area (Å²) in [6.45, 7) is 2.91. The Kier molecular flexibility index (Phi) is 3.92. The third-order valence-electron chi connectivity index (χ3n) is 4.03. The monoisotopic (exact) mass is 334 g/mol. The van der Waals surface area contributed by atoms with Gasteiger partial charge in [-0.25, -0.2) is 5.43 Å². The van der Waals surface area contributed by atoms with Crippen molar-refractivity contribution in [2.75, 3.05) is 0 Å². The van der Waals surface area contributed by atoms with Gasteiger partial charge >= 0.3 is 0 Å². The second kappa shape index (κ2) is 5.68. The van der Waals surface area contributed by atoms with Crippen LogP contribution in [-0.2, 0) is 19.4 Å². The van der Waals surface area contributed by atoms with Gasteiger partial charge in [-0.1, -0.05) is 18.2 Å². The van der Waals surface area contributed by atoms with Gasteiger partial charge in [-0.2, -0.15) is 5.10 Å². The van der Waals surface area contributed by atoms with Gasteiger partial charge in [0.25, 0.3) is 0 Å². The summed E-state index contributed by atoms with van der Waals surface area (Å²) in [7, 11) is 0. The standard InChI is InChI=1S/C15H19BrN4/c1-2-20-15(13(16)9-18-20)14(19-17)12-7-6-10-4-3-5-11(10)8-12/h6-9,14,19H,2-5,17H2,1H3. The zero-order valence-corrected chi connectivity index (χ0v) is 13.2. The molecule has 5 heteroatoms. The lowest BCUT2D eigenvalue weighted by Gasteiger charge is -2.19. The van der Waals surface area contributed by atoms with Crippen molar-refractivity contribution in [2.45, 2.75) is 38.8 Å². The van der Waals surface area contributed by atoms with E-state index < -0.39 is 0 Å². The molecule has 106 valence electrons. The molecule has 4 nitrogen and oxygen atoms in total. The van der Waals surface area contributed by atoms with Crippen LogP contribution in [-0.4, -0.2) is 9.78 Å². The average molecular weight is 335 g/mol. The van der Waals surface area contributed by atoms with Crippen molar-refractivity contribution in [3.05, 3.63) is 51.3 Å². The molecule has 1 heterocycles. The predicted octanol–water partition coefficient (Wildman–Crippen LogP) is 2.71. The van der Waals surface area contributed by atoms with Gasteiger partial charge in [-0.3, -0.25) is 10.5 Å². The van der Waals surface area contributed by atoms with Crippen LogP contribution >= 0.6 is 15.9 Å². The first-order valence-corrected chi connectivity index (χ1v) is 7.83. The van der Waals surface area contributed by atoms with Gasteiger partial charge in [0.1, 0.15) is 0 Å². The summed E-state index contributed by atoms with van der Waals surface area (Å²) in [5.74, 6) is 5.82. The van der Waals surface area contributed by atoms with Crippen molar-refractivity contribution < 1.29 is 0 Å². The Morgan fingerprint density at radius 3 is 2.95 bits per heavy atom. The smallest absolute Gasteiger partial charge is 0.0889 e. The normalized spacial score (nSPS) is 15.3. The molecular formula is C15H19BrN4. The maximum Gasteiger partial charge on any atom is 0.0889 e. The molecule has 1 aromatic carbocycles. The second-order valence-corrected chi connectivity index (χ2v) is 6.03. The minimum Gasteiger partial charge on any atom is -0.271 e. The second-order valence-electron chi connectivity index (χ2n) is 5.17. The third kappa shape index (κ3) is 2.30. The summed E-state index contributed by atoms with van der Waals surface area (Å²) in [6.07, 6.45) is 5.47. The minimum atomic E-state index is -0.0438. The number of benzene rings is 1. The van der Waals surface area contributed by atoms with E-state index in [0.29, 0.717) is 0 Å². The molecule has 0 radical (unpaired) electrons. The summed E-state index contributed by atoms with van der Waals surface area (Å²) < 4.78 is 2.96. The SMILES string of the molecule is CCn1ncc(Br)c1C(NN)c1ccc2c(c1)CCC2. The topological polar surface area (TPSA) is 55.9 Å². The Balaban J connectivity index is 2.03. The molecule has 2 aromatic rings. The van der Waals surface area contributed by atoms with Crippen LogP contribution in [0.25, 0.3) is 0 Å². The molecule has 0 saturated heterocycles. The van der Waals surface area contributed by atoms with Gasteiger partial charge in [0.2, 0.25) is 0 Å². The number of aromatic nitrogens is 2. The predicted molar refractivity (Wildman–Crippen MR) is 83.2 cm³/mol. The average Bonchev–Trinajstić information content (AvgIpc) is 3.07. The molecule has 0 aliphatic heterocycles. The Hall–Kier alpha value is -1.17. The number of nitrogens with zero attached hydrogens (tertiary/aromatic N) is 2. The van der Waals surface area contributed by atoms with Crippen LogP contribution in [0.4, 0.5) is 0 Å². The van der Waals surface area contributed by atoms with Crippen molar-refractivity contribution in [2.24, 2.45) is 5.84 Å². The van der Waals surface area contributed by atoms with Crippen LogP contribution in [0.15, 0.2) is 28.9 Å². The van der Waals surface area contributed by atoms with Crippen LogP contribution in [0.1, 0.15) is 41.8 Å². The first-order chi connectivity index (χ1) is 9.74. The van der Waals surface area contributed by atoms with Gasteiger partial charge in [0.15, 0.2) is 0 Å². The van der Waals surface area contributed by atoms with Crippen LogP contribution in [0.3, 0.4) is 0 Å². The molecule has 0 bridgehead atoms. The molecule has 0 amide bonds. The molecule has 3 N–H and O–H groups in total. The molecule has 1 atom stereocenters. The van der Waals surface area contributed by atoms with Crippen molar-refractivity contribution in [3.8, 4) is 0 Å². The third-order valence-corrected chi connectivity index (χ3v) is 4.64. The van der Waals surface area contributed by atoms with Crippen LogP contribution < -0.4 is 11.3 Å². The first kappa shape index (κ1) is 13.8. The molecule has 1 aliphatic carbocycles. The van der Waals surface area contributed by atoms with Gasteiger partial charge in [0.05, 0.1) is 22.4 Å². The van der Waals surface area contributed by atoms with E-state index in [1.807, 2.05) is 10.9 Å². The molecule has 1 unspecified atom stereocenters. The van der Waals surface area contributed by atoms with Crippen molar-refractivity contribution in [1.82, 2.24) is 15.2 Å². The molecule has 0 fully saturated rings. The number of hydrogen-bond donors (Lipinski definition) is 2. The highest BCUT2D eigenvalue weighted by Crippen LogP contribution is 2.31. The summed E-state index contributed by atoms with van der Waals surface area (Å²) in [5.41, 5.74) is 8.15. The number of fused-ring (bicyclic) bond motifs is 1. The molecule has 3 rings (SSSR count). The first-order valence-electron chi connectivity index (χ1n) is 7.03. The molecule has 0 spiro atoms. The van der Waals surface area contributed by atoms with Crippen LogP contribution in [0, 0.1) is 0 Å². The molecule has 1 aliphatic rings. The van der Waals surface area contributed by atoms with E-state index in [1.165, 1.54) is 36.0 Å². The minimum absolute atomic E-state index is 0.0438. The summed E-state index contributed by atoms with van der Waals surface area (Å²) in [5, 5.41) is 4.38. The van der Waals surface area contributed by atoms with E-state index in [2.05, 4.69) is 51.6 Å². The van der Waals surface area contributed by atoms with E-state index in [4.69, 9.17) is 5.84 Å². The fourth-order valence-electron chi connectivity index (χ4n) is 3.02. The zero-order valence-electron chi connectivity index (χ0n) is 11.6. The summed E-state index contributed by atoms with van der Waals surface area (Å²) in [6, 6.07) is 6.65. The number of halogens is 1. The van der Waals surface area contributed by atoms with E-state index in [-0.39, 0.29) is 6.04 Å². The van der Waals surface area contributed by atoms with Gasteiger partial charge < -0.3 is 0 Å². The zero-order chi connectivity index (χ0) is 14.1. The quantitative estimate of drug-likeness (QED) is 0.667. The Bertz CT molecular complexity index is 620. The molecule has 20 heavy (non-hydrogen) atoms. The highest BCUT2D eigenvalue weighted by atomic mass is 79.9. The number of nitrogens with one attached hydrogen (secondary N) is 1. The summed E-state index contributed by atoms with van der Waals surface area (Å²) in [4.78, 5) is 0. The fraction of sp³-hybridized carbons (Fsp3) is 0.400. The molecule has 1 aromatic heterocycles. The summed E-state index contributed by atoms with van der Waals surface area (Å²) >= 11 is 3.58. The number of rotatable bonds is 4. The fourth-order valence-corrected chi connectivity index (χ4v) is 3.54. The number of hydrazine groups is 1. The van der Waals surface area contributed by atoms with E-state index in [9.17, 15) is 0 Å².